The number of hydrogen-bond acceptors (Lipinski definition) is 5. The number of rotatable bonds is 12. The summed E-state index contributed by atoms with van der Waals surface area (Å²) in [6.45, 7) is 4.19. The van der Waals surface area contributed by atoms with Gasteiger partial charge >= 0.3 is 6.09 Å². The van der Waals surface area contributed by atoms with Crippen LogP contribution >= 0.6 is 0 Å². The molecule has 0 spiro atoms. The molecule has 0 heterocycles. The Balaban J connectivity index is 2.79. The van der Waals surface area contributed by atoms with Gasteiger partial charge in [-0.1, -0.05) is 57.7 Å². The normalized spacial score (nSPS) is 11.4. The Kier molecular flexibility index (Phi) is 11.3. The Labute approximate surface area is 166 Å². The smallest absolute Gasteiger partial charge is 0.409 e. The molecule has 0 saturated carbocycles. The first-order valence-corrected chi connectivity index (χ1v) is 9.77. The average Bonchev–Trinajstić information content (AvgIpc) is 2.70. The molecule has 0 radical (unpaired) electrons. The van der Waals surface area contributed by atoms with Gasteiger partial charge < -0.3 is 4.74 Å². The van der Waals surface area contributed by atoms with Crippen molar-refractivity contribution in [2.45, 2.75) is 52.4 Å². The van der Waals surface area contributed by atoms with Crippen molar-refractivity contribution < 1.29 is 24.3 Å². The van der Waals surface area contributed by atoms with E-state index in [-0.39, 0.29) is 13.0 Å². The van der Waals surface area contributed by atoms with Crippen LogP contribution in [0.15, 0.2) is 30.3 Å². The van der Waals surface area contributed by atoms with Crippen molar-refractivity contribution in [3.8, 4) is 5.75 Å². The predicted molar refractivity (Wildman–Crippen MR) is 104 cm³/mol. The van der Waals surface area contributed by atoms with E-state index >= 15 is 0 Å². The quantitative estimate of drug-likeness (QED) is 0.245. The molecule has 28 heavy (non-hydrogen) atoms. The maximum absolute atomic E-state index is 12.7. The molecule has 8 heteroatoms. The number of carbonyl (C=O) groups excluding carboxylic acids is 3. The Morgan fingerprint density at radius 1 is 1.14 bits per heavy atom. The number of nitrogens with zero attached hydrogens (tertiary/aromatic N) is 2. The molecule has 1 rings (SSSR count). The lowest BCUT2D eigenvalue weighted by molar-refractivity contribution is -0.155. The van der Waals surface area contributed by atoms with Crippen molar-refractivity contribution in [1.82, 2.24) is 15.5 Å². The lowest BCUT2D eigenvalue weighted by Gasteiger charge is -2.26. The second-order valence-electron chi connectivity index (χ2n) is 6.58. The SMILES string of the molecule is CCCCC[C@H](CN(O)C=O)C(=O)NN(CCCC)C(=O)Oc1ccccc1. The summed E-state index contributed by atoms with van der Waals surface area (Å²) in [5, 5.41) is 11.1. The lowest BCUT2D eigenvalue weighted by atomic mass is 10.0. The Morgan fingerprint density at radius 3 is 2.43 bits per heavy atom. The molecule has 2 N–H and O–H groups in total. The summed E-state index contributed by atoms with van der Waals surface area (Å²) in [5.74, 6) is -0.682. The molecule has 0 aliphatic heterocycles. The van der Waals surface area contributed by atoms with E-state index in [4.69, 9.17) is 4.74 Å². The van der Waals surface area contributed by atoms with Gasteiger partial charge in [-0.25, -0.2) is 14.9 Å². The number of nitrogens with one attached hydrogen (secondary N) is 1. The zero-order chi connectivity index (χ0) is 20.8. The van der Waals surface area contributed by atoms with Crippen molar-refractivity contribution in [2.75, 3.05) is 13.1 Å². The summed E-state index contributed by atoms with van der Waals surface area (Å²) in [7, 11) is 0. The van der Waals surface area contributed by atoms with Gasteiger partial charge in [0.15, 0.2) is 0 Å². The van der Waals surface area contributed by atoms with Crippen LogP contribution in [-0.2, 0) is 9.59 Å². The summed E-state index contributed by atoms with van der Waals surface area (Å²) >= 11 is 0. The van der Waals surface area contributed by atoms with Crippen LogP contribution in [0.25, 0.3) is 0 Å². The topological polar surface area (TPSA) is 99.2 Å². The van der Waals surface area contributed by atoms with Crippen molar-refractivity contribution in [1.29, 1.82) is 0 Å². The molecule has 1 aromatic carbocycles. The number of ether oxygens (including phenoxy) is 1. The summed E-state index contributed by atoms with van der Waals surface area (Å²) in [6.07, 6.45) is 4.30. The highest BCUT2D eigenvalue weighted by molar-refractivity contribution is 5.82. The summed E-state index contributed by atoms with van der Waals surface area (Å²) in [5.41, 5.74) is 2.59. The van der Waals surface area contributed by atoms with Crippen molar-refractivity contribution in [3.05, 3.63) is 30.3 Å². The van der Waals surface area contributed by atoms with Crippen LogP contribution in [0.5, 0.6) is 5.75 Å². The molecule has 0 aliphatic rings. The zero-order valence-corrected chi connectivity index (χ0v) is 16.7. The number of benzene rings is 1. The Hall–Kier alpha value is -2.61. The van der Waals surface area contributed by atoms with E-state index in [1.165, 1.54) is 0 Å². The van der Waals surface area contributed by atoms with Gasteiger partial charge in [-0.2, -0.15) is 0 Å². The van der Waals surface area contributed by atoms with Crippen molar-refractivity contribution in [3.63, 3.8) is 0 Å². The first-order valence-electron chi connectivity index (χ1n) is 9.77. The predicted octanol–water partition coefficient (Wildman–Crippen LogP) is 3.36. The highest BCUT2D eigenvalue weighted by atomic mass is 16.6. The molecule has 1 atom stereocenters. The van der Waals surface area contributed by atoms with E-state index in [2.05, 4.69) is 5.43 Å². The summed E-state index contributed by atoms with van der Waals surface area (Å²) in [4.78, 5) is 35.9. The van der Waals surface area contributed by atoms with Crippen LogP contribution in [0.4, 0.5) is 4.79 Å². The Bertz CT molecular complexity index is 597. The van der Waals surface area contributed by atoms with Gasteiger partial charge in [0.05, 0.1) is 12.5 Å². The van der Waals surface area contributed by atoms with Crippen LogP contribution < -0.4 is 10.2 Å². The minimum absolute atomic E-state index is 0.131. The van der Waals surface area contributed by atoms with Crippen LogP contribution in [0.1, 0.15) is 52.4 Å². The second-order valence-corrected chi connectivity index (χ2v) is 6.58. The van der Waals surface area contributed by atoms with Crippen LogP contribution in [0, 0.1) is 5.92 Å². The fraction of sp³-hybridized carbons (Fsp3) is 0.550. The van der Waals surface area contributed by atoms with E-state index in [0.29, 0.717) is 30.2 Å². The monoisotopic (exact) mass is 393 g/mol. The average molecular weight is 393 g/mol. The third kappa shape index (κ3) is 8.85. The van der Waals surface area contributed by atoms with Crippen LogP contribution in [0.2, 0.25) is 0 Å². The second kappa shape index (κ2) is 13.5. The molecule has 0 saturated heterocycles. The van der Waals surface area contributed by atoms with Gasteiger partial charge in [0.1, 0.15) is 5.75 Å². The van der Waals surface area contributed by atoms with Crippen molar-refractivity contribution in [2.24, 2.45) is 5.92 Å². The molecule has 0 aromatic heterocycles. The molecule has 0 bridgehead atoms. The molecule has 8 nitrogen and oxygen atoms in total. The minimum atomic E-state index is -0.684. The number of hydrazine groups is 1. The molecule has 0 unspecified atom stereocenters. The number of hydroxylamine groups is 2. The molecule has 156 valence electrons. The molecule has 0 aliphatic carbocycles. The van der Waals surface area contributed by atoms with E-state index in [0.717, 1.165) is 30.7 Å². The Morgan fingerprint density at radius 2 is 1.82 bits per heavy atom. The van der Waals surface area contributed by atoms with Crippen LogP contribution in [0.3, 0.4) is 0 Å². The van der Waals surface area contributed by atoms with E-state index in [1.807, 2.05) is 19.9 Å². The maximum Gasteiger partial charge on any atom is 0.434 e. The van der Waals surface area contributed by atoms with Gasteiger partial charge in [-0.3, -0.25) is 20.2 Å². The number of unbranched alkanes of at least 4 members (excludes halogenated alkanes) is 3. The maximum atomic E-state index is 12.7. The summed E-state index contributed by atoms with van der Waals surface area (Å²) < 4.78 is 5.31. The first-order chi connectivity index (χ1) is 13.5. The number of amides is 3. The van der Waals surface area contributed by atoms with Gasteiger partial charge in [0.25, 0.3) is 0 Å². The minimum Gasteiger partial charge on any atom is -0.409 e. The van der Waals surface area contributed by atoms with Gasteiger partial charge in [-0.05, 0) is 25.0 Å². The highest BCUT2D eigenvalue weighted by Gasteiger charge is 2.25. The fourth-order valence-electron chi connectivity index (χ4n) is 2.59. The lowest BCUT2D eigenvalue weighted by Crippen LogP contribution is -2.51. The van der Waals surface area contributed by atoms with E-state index < -0.39 is 17.9 Å². The largest absolute Gasteiger partial charge is 0.434 e. The molecule has 3 amide bonds. The fourth-order valence-corrected chi connectivity index (χ4v) is 2.59. The summed E-state index contributed by atoms with van der Waals surface area (Å²) in [6, 6.07) is 8.60. The molecule has 0 fully saturated rings. The first kappa shape index (κ1) is 23.4. The zero-order valence-electron chi connectivity index (χ0n) is 16.7. The van der Waals surface area contributed by atoms with Gasteiger partial charge in [0, 0.05) is 6.54 Å². The van der Waals surface area contributed by atoms with Crippen LogP contribution in [-0.4, -0.2) is 46.8 Å². The third-order valence-corrected chi connectivity index (χ3v) is 4.21. The molecule has 1 aromatic rings. The highest BCUT2D eigenvalue weighted by Crippen LogP contribution is 2.13. The van der Waals surface area contributed by atoms with Gasteiger partial charge in [0.2, 0.25) is 12.3 Å². The van der Waals surface area contributed by atoms with E-state index in [9.17, 15) is 19.6 Å². The third-order valence-electron chi connectivity index (χ3n) is 4.21. The van der Waals surface area contributed by atoms with Gasteiger partial charge in [-0.15, -0.1) is 0 Å². The number of hydrogen-bond donors (Lipinski definition) is 2. The standard InChI is InChI=1S/C20H31N3O5/c1-3-5-8-11-17(15-22(27)16-24)19(25)21-23(14-6-4-2)20(26)28-18-12-9-7-10-13-18/h7,9-10,12-13,16-17,27H,3-6,8,11,14-15H2,1-2H3,(H,21,25)/t17-/m1/s1. The number of para-hydroxylation sites is 1. The molecular weight excluding hydrogens is 362 g/mol. The number of carbonyl (C=O) groups is 3. The van der Waals surface area contributed by atoms with E-state index in [1.54, 1.807) is 24.3 Å². The molecular formula is C20H31N3O5. The van der Waals surface area contributed by atoms with Crippen molar-refractivity contribution >= 4 is 18.4 Å².